The Morgan fingerprint density at radius 2 is 1.86 bits per heavy atom. The Morgan fingerprint density at radius 3 is 2.33 bits per heavy atom. The van der Waals surface area contributed by atoms with Gasteiger partial charge in [-0.25, -0.2) is 0 Å². The smallest absolute Gasteiger partial charge is 0.307 e. The summed E-state index contributed by atoms with van der Waals surface area (Å²) in [5.41, 5.74) is -0.0733. The van der Waals surface area contributed by atoms with Crippen molar-refractivity contribution in [1.82, 2.24) is 0 Å². The summed E-state index contributed by atoms with van der Waals surface area (Å²) in [5, 5.41) is 11.9. The summed E-state index contributed by atoms with van der Waals surface area (Å²) >= 11 is 0. The van der Waals surface area contributed by atoms with E-state index in [1.807, 2.05) is 0 Å². The molecule has 1 aromatic carbocycles. The van der Waals surface area contributed by atoms with E-state index in [2.05, 4.69) is 5.32 Å². The predicted octanol–water partition coefficient (Wildman–Crippen LogP) is 2.00. The lowest BCUT2D eigenvalue weighted by atomic mass is 10.1. The Kier molecular flexibility index (Phi) is 3.80. The largest absolute Gasteiger partial charge is 0.497 e. The first-order valence-corrected chi connectivity index (χ1v) is 6.58. The molecule has 1 aliphatic rings. The summed E-state index contributed by atoms with van der Waals surface area (Å²) in [7, 11) is 3.02. The fourth-order valence-corrected chi connectivity index (χ4v) is 2.71. The summed E-state index contributed by atoms with van der Waals surface area (Å²) in [5.74, 6) is -1.40. The van der Waals surface area contributed by atoms with Gasteiger partial charge in [0.15, 0.2) is 0 Å². The Balaban J connectivity index is 2.19. The molecule has 6 nitrogen and oxygen atoms in total. The predicted molar refractivity (Wildman–Crippen MR) is 76.6 cm³/mol. The quantitative estimate of drug-likeness (QED) is 0.867. The van der Waals surface area contributed by atoms with Crippen molar-refractivity contribution in [3.8, 4) is 11.5 Å². The van der Waals surface area contributed by atoms with Crippen LogP contribution in [0.25, 0.3) is 0 Å². The van der Waals surface area contributed by atoms with Crippen LogP contribution in [0.5, 0.6) is 11.5 Å². The molecule has 0 heterocycles. The molecule has 1 aromatic rings. The molecule has 2 atom stereocenters. The summed E-state index contributed by atoms with van der Waals surface area (Å²) in [4.78, 5) is 23.4. The fourth-order valence-electron chi connectivity index (χ4n) is 2.71. The minimum atomic E-state index is -0.947. The zero-order chi connectivity index (χ0) is 15.8. The van der Waals surface area contributed by atoms with Gasteiger partial charge in [-0.2, -0.15) is 0 Å². The molecule has 0 saturated heterocycles. The number of carbonyl (C=O) groups excluding carboxylic acids is 1. The lowest BCUT2D eigenvalue weighted by molar-refractivity contribution is -0.140. The number of benzene rings is 1. The maximum atomic E-state index is 12.3. The number of aliphatic carboxylic acids is 1. The molecule has 0 spiro atoms. The van der Waals surface area contributed by atoms with Crippen molar-refractivity contribution in [3.63, 3.8) is 0 Å². The van der Waals surface area contributed by atoms with E-state index in [9.17, 15) is 9.59 Å². The van der Waals surface area contributed by atoms with Crippen LogP contribution in [-0.4, -0.2) is 31.2 Å². The first-order chi connectivity index (χ1) is 9.82. The molecule has 114 valence electrons. The van der Waals surface area contributed by atoms with Gasteiger partial charge in [0.1, 0.15) is 11.5 Å². The van der Waals surface area contributed by atoms with Crippen LogP contribution >= 0.6 is 0 Å². The SMILES string of the molecule is COc1ccc(OC)c(NC(=O)[C@H]2[C@@H](C(=O)O)C2(C)C)c1. The second-order valence-electron chi connectivity index (χ2n) is 5.67. The Labute approximate surface area is 123 Å². The molecule has 1 fully saturated rings. The molecule has 21 heavy (non-hydrogen) atoms. The Bertz CT molecular complexity index is 581. The van der Waals surface area contributed by atoms with Crippen LogP contribution in [0.2, 0.25) is 0 Å². The van der Waals surface area contributed by atoms with E-state index in [1.54, 1.807) is 32.0 Å². The van der Waals surface area contributed by atoms with E-state index in [4.69, 9.17) is 14.6 Å². The highest BCUT2D eigenvalue weighted by Gasteiger charge is 2.65. The molecular formula is C15H19NO5. The number of carboxylic acids is 1. The number of hydrogen-bond acceptors (Lipinski definition) is 4. The topological polar surface area (TPSA) is 84.9 Å². The van der Waals surface area contributed by atoms with E-state index in [0.29, 0.717) is 17.2 Å². The average molecular weight is 293 g/mol. The van der Waals surface area contributed by atoms with E-state index in [-0.39, 0.29) is 5.91 Å². The van der Waals surface area contributed by atoms with Crippen LogP contribution in [0, 0.1) is 17.3 Å². The van der Waals surface area contributed by atoms with E-state index in [0.717, 1.165) is 0 Å². The maximum absolute atomic E-state index is 12.3. The summed E-state index contributed by atoms with van der Waals surface area (Å²) in [6, 6.07) is 5.04. The van der Waals surface area contributed by atoms with Gasteiger partial charge in [0.2, 0.25) is 5.91 Å². The Hall–Kier alpha value is -2.24. The van der Waals surface area contributed by atoms with Gasteiger partial charge in [-0.05, 0) is 17.5 Å². The fraction of sp³-hybridized carbons (Fsp3) is 0.467. The van der Waals surface area contributed by atoms with Crippen LogP contribution in [0.1, 0.15) is 13.8 Å². The lowest BCUT2D eigenvalue weighted by Crippen LogP contribution is -2.18. The lowest BCUT2D eigenvalue weighted by Gasteiger charge is -2.12. The molecule has 0 bridgehead atoms. The standard InChI is InChI=1S/C15H19NO5/c1-15(2)11(12(15)14(18)19)13(17)16-9-7-8(20-3)5-6-10(9)21-4/h5-7,11-12H,1-4H3,(H,16,17)(H,18,19)/t11-,12+/m1/s1. The number of carbonyl (C=O) groups is 2. The second-order valence-corrected chi connectivity index (χ2v) is 5.67. The van der Waals surface area contributed by atoms with Gasteiger partial charge in [-0.15, -0.1) is 0 Å². The number of nitrogens with one attached hydrogen (secondary N) is 1. The van der Waals surface area contributed by atoms with Crippen LogP contribution in [-0.2, 0) is 9.59 Å². The van der Waals surface area contributed by atoms with Crippen molar-refractivity contribution >= 4 is 17.6 Å². The van der Waals surface area contributed by atoms with Gasteiger partial charge in [-0.3, -0.25) is 9.59 Å². The van der Waals surface area contributed by atoms with Crippen LogP contribution in [0.15, 0.2) is 18.2 Å². The second kappa shape index (κ2) is 5.27. The summed E-state index contributed by atoms with van der Waals surface area (Å²) in [6.45, 7) is 3.55. The number of anilines is 1. The maximum Gasteiger partial charge on any atom is 0.307 e. The van der Waals surface area contributed by atoms with Gasteiger partial charge in [0.05, 0.1) is 31.7 Å². The van der Waals surface area contributed by atoms with Gasteiger partial charge >= 0.3 is 5.97 Å². The zero-order valence-corrected chi connectivity index (χ0v) is 12.5. The van der Waals surface area contributed by atoms with Gasteiger partial charge in [0, 0.05) is 6.07 Å². The highest BCUT2D eigenvalue weighted by molar-refractivity contribution is 6.00. The molecule has 0 aromatic heterocycles. The number of ether oxygens (including phenoxy) is 2. The van der Waals surface area contributed by atoms with E-state index in [1.165, 1.54) is 14.2 Å². The molecule has 0 radical (unpaired) electrons. The monoisotopic (exact) mass is 293 g/mol. The molecule has 1 aliphatic carbocycles. The third-order valence-corrected chi connectivity index (χ3v) is 4.04. The summed E-state index contributed by atoms with van der Waals surface area (Å²) in [6.07, 6.45) is 0. The molecule has 0 unspecified atom stereocenters. The van der Waals surface area contributed by atoms with Crippen molar-refractivity contribution in [2.45, 2.75) is 13.8 Å². The van der Waals surface area contributed by atoms with Crippen molar-refractivity contribution in [2.24, 2.45) is 17.3 Å². The molecular weight excluding hydrogens is 274 g/mol. The van der Waals surface area contributed by atoms with Crippen LogP contribution in [0.3, 0.4) is 0 Å². The first kappa shape index (κ1) is 15.2. The average Bonchev–Trinajstić information content (AvgIpc) is 3.02. The van der Waals surface area contributed by atoms with Crippen LogP contribution < -0.4 is 14.8 Å². The minimum Gasteiger partial charge on any atom is -0.497 e. The molecule has 6 heteroatoms. The van der Waals surface area contributed by atoms with Crippen molar-refractivity contribution in [1.29, 1.82) is 0 Å². The number of carboxylic acid groups (broad SMARTS) is 1. The molecule has 1 saturated carbocycles. The molecule has 1 amide bonds. The molecule has 2 rings (SSSR count). The highest BCUT2D eigenvalue weighted by Crippen LogP contribution is 2.58. The number of hydrogen-bond donors (Lipinski definition) is 2. The summed E-state index contributed by atoms with van der Waals surface area (Å²) < 4.78 is 10.3. The number of amides is 1. The molecule has 0 aliphatic heterocycles. The van der Waals surface area contributed by atoms with E-state index < -0.39 is 23.2 Å². The number of rotatable bonds is 5. The van der Waals surface area contributed by atoms with Crippen molar-refractivity contribution < 1.29 is 24.2 Å². The van der Waals surface area contributed by atoms with Crippen LogP contribution in [0.4, 0.5) is 5.69 Å². The third-order valence-electron chi connectivity index (χ3n) is 4.04. The number of methoxy groups -OCH3 is 2. The molecule has 2 N–H and O–H groups in total. The first-order valence-electron chi connectivity index (χ1n) is 6.58. The zero-order valence-electron chi connectivity index (χ0n) is 12.5. The van der Waals surface area contributed by atoms with Gasteiger partial charge < -0.3 is 19.9 Å². The minimum absolute atomic E-state index is 0.320. The highest BCUT2D eigenvalue weighted by atomic mass is 16.5. The van der Waals surface area contributed by atoms with Gasteiger partial charge in [-0.1, -0.05) is 13.8 Å². The normalized spacial score (nSPS) is 22.3. The van der Waals surface area contributed by atoms with Gasteiger partial charge in [0.25, 0.3) is 0 Å². The Morgan fingerprint density at radius 1 is 1.19 bits per heavy atom. The third kappa shape index (κ3) is 2.66. The van der Waals surface area contributed by atoms with Crippen molar-refractivity contribution in [3.05, 3.63) is 18.2 Å². The van der Waals surface area contributed by atoms with Crippen molar-refractivity contribution in [2.75, 3.05) is 19.5 Å². The van der Waals surface area contributed by atoms with E-state index >= 15 is 0 Å².